The Balaban J connectivity index is 1.35. The number of amides is 2. The number of nitrogens with two attached hydrogens (primary N) is 1. The van der Waals surface area contributed by atoms with Crippen molar-refractivity contribution in [2.45, 2.75) is 57.5 Å². The number of nitrogens with one attached hydrogen (secondary N) is 1. The summed E-state index contributed by atoms with van der Waals surface area (Å²) in [7, 11) is 3.29. The molecule has 1 aliphatic heterocycles. The number of anilines is 1. The Kier molecular flexibility index (Phi) is 11.2. The maximum Gasteiger partial charge on any atom is 0.411 e. The average Bonchev–Trinajstić information content (AvgIpc) is 3.25. The minimum Gasteiger partial charge on any atom is -0.447 e. The Hall–Kier alpha value is -3.40. The number of ether oxygens (including phenoxy) is 3. The number of fused-ring (bicyclic) bond motifs is 1. The highest BCUT2D eigenvalue weighted by molar-refractivity contribution is 5.86. The summed E-state index contributed by atoms with van der Waals surface area (Å²) in [5, 5.41) is 3.97. The lowest BCUT2D eigenvalue weighted by Crippen LogP contribution is -2.42. The summed E-state index contributed by atoms with van der Waals surface area (Å²) in [6, 6.07) is 15.7. The zero-order chi connectivity index (χ0) is 29.2. The first-order chi connectivity index (χ1) is 19.9. The molecule has 2 aromatic carbocycles. The van der Waals surface area contributed by atoms with E-state index in [9.17, 15) is 9.59 Å². The quantitative estimate of drug-likeness (QED) is 0.288. The van der Waals surface area contributed by atoms with E-state index in [0.29, 0.717) is 37.6 Å². The fraction of sp³-hybridized carbons (Fsp3) is 0.500. The Morgan fingerprint density at radius 3 is 2.56 bits per heavy atom. The highest BCUT2D eigenvalue weighted by Crippen LogP contribution is 2.36. The number of carbonyl (C=O) groups excluding carboxylic acids is 2. The lowest BCUT2D eigenvalue weighted by molar-refractivity contribution is -0.132. The number of carbonyl (C=O) groups is 2. The number of piperidine rings is 1. The number of aryl methyl sites for hydroxylation is 2. The van der Waals surface area contributed by atoms with Gasteiger partial charge in [-0.15, -0.1) is 0 Å². The normalized spacial score (nSPS) is 16.1. The number of benzene rings is 2. The van der Waals surface area contributed by atoms with E-state index in [1.165, 1.54) is 22.2 Å². The number of rotatable bonds is 13. The van der Waals surface area contributed by atoms with E-state index in [2.05, 4.69) is 41.1 Å². The molecule has 222 valence electrons. The fourth-order valence-corrected chi connectivity index (χ4v) is 5.88. The molecule has 1 aliphatic rings. The van der Waals surface area contributed by atoms with Crippen LogP contribution in [-0.2, 0) is 32.0 Å². The molecule has 2 amide bonds. The molecule has 0 saturated carbocycles. The van der Waals surface area contributed by atoms with Crippen molar-refractivity contribution in [3.05, 3.63) is 65.4 Å². The van der Waals surface area contributed by atoms with Gasteiger partial charge < -0.3 is 29.4 Å². The zero-order valence-corrected chi connectivity index (χ0v) is 24.6. The minimum absolute atomic E-state index is 0.110. The van der Waals surface area contributed by atoms with E-state index in [4.69, 9.17) is 19.9 Å². The third-order valence-corrected chi connectivity index (χ3v) is 7.82. The number of likely N-dealkylation sites (tertiary alicyclic amines) is 1. The zero-order valence-electron chi connectivity index (χ0n) is 24.6. The standard InChI is InChI=1S/C32H44N4O5/c1-23-28-9-4-5-10-29(28)36(16-7-17-39-2)31(23)25-8-6-15-35(22-25)30(37)21-26(33)20-24-11-13-27(14-12-24)34-32(38)41-19-18-40-3/h4-5,9-14,25-26H,6-8,15-22,33H2,1-3H3,(H,34,38). The molecule has 0 aliphatic carbocycles. The van der Waals surface area contributed by atoms with Crippen LogP contribution in [-0.4, -0.2) is 74.6 Å². The summed E-state index contributed by atoms with van der Waals surface area (Å²) >= 11 is 0. The summed E-state index contributed by atoms with van der Waals surface area (Å²) in [4.78, 5) is 27.2. The molecule has 0 bridgehead atoms. The van der Waals surface area contributed by atoms with E-state index in [1.54, 1.807) is 14.2 Å². The van der Waals surface area contributed by atoms with Gasteiger partial charge in [0.1, 0.15) is 6.61 Å². The number of hydrogen-bond donors (Lipinski definition) is 2. The van der Waals surface area contributed by atoms with Crippen LogP contribution in [0.1, 0.15) is 48.4 Å². The van der Waals surface area contributed by atoms with Crippen molar-refractivity contribution in [3.8, 4) is 0 Å². The number of aromatic nitrogens is 1. The third kappa shape index (κ3) is 8.09. The molecule has 2 unspecified atom stereocenters. The van der Waals surface area contributed by atoms with Gasteiger partial charge in [-0.25, -0.2) is 4.79 Å². The molecular weight excluding hydrogens is 520 g/mol. The first-order valence-corrected chi connectivity index (χ1v) is 14.5. The monoisotopic (exact) mass is 564 g/mol. The van der Waals surface area contributed by atoms with Crippen molar-refractivity contribution >= 4 is 28.6 Å². The number of para-hydroxylation sites is 1. The fourth-order valence-electron chi connectivity index (χ4n) is 5.88. The second kappa shape index (κ2) is 15.0. The number of hydrogen-bond acceptors (Lipinski definition) is 6. The van der Waals surface area contributed by atoms with Gasteiger partial charge >= 0.3 is 6.09 Å². The summed E-state index contributed by atoms with van der Waals surface area (Å²) in [6.45, 7) is 5.86. The van der Waals surface area contributed by atoms with Crippen molar-refractivity contribution in [2.75, 3.05) is 52.4 Å². The van der Waals surface area contributed by atoms with Gasteiger partial charge in [-0.3, -0.25) is 10.1 Å². The Morgan fingerprint density at radius 2 is 1.80 bits per heavy atom. The molecule has 9 heteroatoms. The Bertz CT molecular complexity index is 1290. The van der Waals surface area contributed by atoms with Crippen LogP contribution in [0.2, 0.25) is 0 Å². The molecule has 3 aromatic rings. The van der Waals surface area contributed by atoms with Gasteiger partial charge in [0.05, 0.1) is 6.61 Å². The maximum atomic E-state index is 13.4. The van der Waals surface area contributed by atoms with Crippen molar-refractivity contribution < 1.29 is 23.8 Å². The molecule has 1 fully saturated rings. The molecule has 41 heavy (non-hydrogen) atoms. The predicted octanol–water partition coefficient (Wildman–Crippen LogP) is 4.85. The van der Waals surface area contributed by atoms with E-state index < -0.39 is 6.09 Å². The maximum absolute atomic E-state index is 13.4. The van der Waals surface area contributed by atoms with Crippen molar-refractivity contribution in [1.82, 2.24) is 9.47 Å². The average molecular weight is 565 g/mol. The Morgan fingerprint density at radius 1 is 1.05 bits per heavy atom. The highest BCUT2D eigenvalue weighted by Gasteiger charge is 2.29. The molecule has 9 nitrogen and oxygen atoms in total. The van der Waals surface area contributed by atoms with Crippen LogP contribution < -0.4 is 11.1 Å². The highest BCUT2D eigenvalue weighted by atomic mass is 16.6. The summed E-state index contributed by atoms with van der Waals surface area (Å²) < 4.78 is 17.7. The van der Waals surface area contributed by atoms with Gasteiger partial charge in [-0.2, -0.15) is 0 Å². The molecule has 2 heterocycles. The van der Waals surface area contributed by atoms with Crippen molar-refractivity contribution in [2.24, 2.45) is 5.73 Å². The smallest absolute Gasteiger partial charge is 0.411 e. The SMILES string of the molecule is COCCCn1c(C2CCCN(C(=O)CC(N)Cc3ccc(NC(=O)OCCOC)cc3)C2)c(C)c2ccccc21. The van der Waals surface area contributed by atoms with E-state index in [-0.39, 0.29) is 18.6 Å². The summed E-state index contributed by atoms with van der Waals surface area (Å²) in [5.74, 6) is 0.402. The van der Waals surface area contributed by atoms with Gasteiger partial charge in [0.25, 0.3) is 0 Å². The second-order valence-electron chi connectivity index (χ2n) is 10.8. The Labute approximate surface area is 242 Å². The molecule has 1 saturated heterocycles. The number of methoxy groups -OCH3 is 2. The van der Waals surface area contributed by atoms with Crippen LogP contribution in [0.25, 0.3) is 10.9 Å². The molecule has 0 spiro atoms. The van der Waals surface area contributed by atoms with Crippen LogP contribution in [0.15, 0.2) is 48.5 Å². The van der Waals surface area contributed by atoms with Crippen molar-refractivity contribution in [1.29, 1.82) is 0 Å². The molecule has 3 N–H and O–H groups in total. The lowest BCUT2D eigenvalue weighted by Gasteiger charge is -2.34. The minimum atomic E-state index is -0.525. The van der Waals surface area contributed by atoms with Crippen LogP contribution >= 0.6 is 0 Å². The third-order valence-electron chi connectivity index (χ3n) is 7.82. The van der Waals surface area contributed by atoms with Crippen LogP contribution in [0.4, 0.5) is 10.5 Å². The van der Waals surface area contributed by atoms with Gasteiger partial charge in [-0.05, 0) is 61.9 Å². The lowest BCUT2D eigenvalue weighted by atomic mass is 9.91. The first-order valence-electron chi connectivity index (χ1n) is 14.5. The largest absolute Gasteiger partial charge is 0.447 e. The predicted molar refractivity (Wildman–Crippen MR) is 161 cm³/mol. The molecule has 4 rings (SSSR count). The molecule has 2 atom stereocenters. The van der Waals surface area contributed by atoms with E-state index in [0.717, 1.165) is 44.5 Å². The van der Waals surface area contributed by atoms with Crippen LogP contribution in [0, 0.1) is 6.92 Å². The molecule has 1 aromatic heterocycles. The second-order valence-corrected chi connectivity index (χ2v) is 10.8. The van der Waals surface area contributed by atoms with Gasteiger partial charge in [0.2, 0.25) is 5.91 Å². The topological polar surface area (TPSA) is 108 Å². The summed E-state index contributed by atoms with van der Waals surface area (Å²) in [5.41, 5.74) is 12.0. The first kappa shape index (κ1) is 30.6. The van der Waals surface area contributed by atoms with Crippen LogP contribution in [0.5, 0.6) is 0 Å². The van der Waals surface area contributed by atoms with Gasteiger partial charge in [0, 0.05) is 81.1 Å². The van der Waals surface area contributed by atoms with E-state index in [1.807, 2.05) is 29.2 Å². The summed E-state index contributed by atoms with van der Waals surface area (Å²) in [6.07, 6.45) is 3.34. The van der Waals surface area contributed by atoms with Crippen molar-refractivity contribution in [3.63, 3.8) is 0 Å². The van der Waals surface area contributed by atoms with Gasteiger partial charge in [-0.1, -0.05) is 30.3 Å². The van der Waals surface area contributed by atoms with Gasteiger partial charge in [0.15, 0.2) is 0 Å². The number of nitrogens with zero attached hydrogens (tertiary/aromatic N) is 2. The molecule has 0 radical (unpaired) electrons. The van der Waals surface area contributed by atoms with Crippen LogP contribution in [0.3, 0.4) is 0 Å². The van der Waals surface area contributed by atoms with E-state index >= 15 is 0 Å². The molecular formula is C32H44N4O5.